The van der Waals surface area contributed by atoms with E-state index in [0.29, 0.717) is 0 Å². The smallest absolute Gasteiger partial charge is 0.0906 e. The summed E-state index contributed by atoms with van der Waals surface area (Å²) in [6, 6.07) is 25.6. The van der Waals surface area contributed by atoms with Gasteiger partial charge in [0.2, 0.25) is 0 Å². The maximum atomic E-state index is 6.11. The summed E-state index contributed by atoms with van der Waals surface area (Å²) in [6.07, 6.45) is 4.64. The van der Waals surface area contributed by atoms with Crippen LogP contribution in [0.1, 0.15) is 17.2 Å². The molecular weight excluding hydrogens is 390 g/mol. The van der Waals surface area contributed by atoms with Crippen molar-refractivity contribution in [3.8, 4) is 0 Å². The fourth-order valence-electron chi connectivity index (χ4n) is 4.31. The number of benzene rings is 3. The summed E-state index contributed by atoms with van der Waals surface area (Å²) < 4.78 is 2.33. The molecule has 0 aliphatic carbocycles. The third-order valence-corrected chi connectivity index (χ3v) is 6.14. The summed E-state index contributed by atoms with van der Waals surface area (Å²) in [6.45, 7) is 0. The average molecular weight is 414 g/mol. The van der Waals surface area contributed by atoms with Crippen molar-refractivity contribution in [3.05, 3.63) is 99.5 Å². The molecule has 4 aromatic rings. The Kier molecular flexibility index (Phi) is 4.56. The minimum atomic E-state index is 0.171. The first-order chi connectivity index (χ1) is 14.5. The van der Waals surface area contributed by atoms with E-state index in [1.165, 1.54) is 38.3 Å². The van der Waals surface area contributed by atoms with Crippen LogP contribution in [0.25, 0.3) is 23.1 Å². The van der Waals surface area contributed by atoms with Crippen molar-refractivity contribution >= 4 is 40.3 Å². The number of rotatable bonds is 3. The van der Waals surface area contributed by atoms with E-state index in [1.807, 2.05) is 12.1 Å². The second kappa shape index (κ2) is 7.26. The Morgan fingerprint density at radius 3 is 2.30 bits per heavy atom. The highest BCUT2D eigenvalue weighted by atomic mass is 35.5. The van der Waals surface area contributed by atoms with Gasteiger partial charge in [0, 0.05) is 42.5 Å². The number of para-hydroxylation sites is 1. The molecule has 0 fully saturated rings. The molecule has 0 amide bonds. The van der Waals surface area contributed by atoms with Gasteiger partial charge in [0.15, 0.2) is 0 Å². The molecule has 150 valence electrons. The number of fused-ring (bicyclic) bond motifs is 3. The van der Waals surface area contributed by atoms with E-state index >= 15 is 0 Å². The summed E-state index contributed by atoms with van der Waals surface area (Å²) in [5.74, 6) is 0. The fraction of sp³-hybridized carbons (Fsp3) is 0.154. The fourth-order valence-corrected chi connectivity index (χ4v) is 4.43. The maximum absolute atomic E-state index is 6.11. The Labute approximate surface area is 181 Å². The molecule has 1 atom stereocenters. The molecule has 5 rings (SSSR count). The van der Waals surface area contributed by atoms with Gasteiger partial charge in [-0.25, -0.2) is 0 Å². The molecule has 0 saturated heterocycles. The molecule has 4 heteroatoms. The molecule has 3 nitrogen and oxygen atoms in total. The molecule has 0 spiro atoms. The minimum absolute atomic E-state index is 0.171. The lowest BCUT2D eigenvalue weighted by Gasteiger charge is -2.25. The largest absolute Gasteiger partial charge is 0.378 e. The zero-order valence-corrected chi connectivity index (χ0v) is 18.1. The zero-order chi connectivity index (χ0) is 20.8. The minimum Gasteiger partial charge on any atom is -0.378 e. The van der Waals surface area contributed by atoms with Crippen LogP contribution in [-0.2, 0) is 0 Å². The third-order valence-electron chi connectivity index (χ3n) is 5.89. The van der Waals surface area contributed by atoms with E-state index in [9.17, 15) is 0 Å². The molecule has 3 aromatic carbocycles. The van der Waals surface area contributed by atoms with Gasteiger partial charge in [-0.2, -0.15) is 0 Å². The topological polar surface area (TPSA) is 11.4 Å². The summed E-state index contributed by atoms with van der Waals surface area (Å²) in [5, 5.41) is 6.82. The Morgan fingerprint density at radius 2 is 1.60 bits per heavy atom. The number of hydrogen-bond donors (Lipinski definition) is 0. The first-order valence-corrected chi connectivity index (χ1v) is 10.5. The summed E-state index contributed by atoms with van der Waals surface area (Å²) in [5.41, 5.74) is 4.86. The lowest BCUT2D eigenvalue weighted by Crippen LogP contribution is -2.35. The number of aromatic nitrogens is 1. The number of hydrogen-bond acceptors (Lipinski definition) is 2. The summed E-state index contributed by atoms with van der Waals surface area (Å²) in [4.78, 5) is 2.12. The lowest BCUT2D eigenvalue weighted by atomic mass is 10.1. The van der Waals surface area contributed by atoms with E-state index in [-0.39, 0.29) is 6.04 Å². The predicted molar refractivity (Wildman–Crippen MR) is 128 cm³/mol. The molecule has 0 radical (unpaired) electrons. The zero-order valence-electron chi connectivity index (χ0n) is 17.4. The van der Waals surface area contributed by atoms with Crippen LogP contribution in [-0.4, -0.2) is 25.8 Å². The Morgan fingerprint density at radius 1 is 0.900 bits per heavy atom. The number of anilines is 1. The summed E-state index contributed by atoms with van der Waals surface area (Å²) >= 11 is 6.11. The monoisotopic (exact) mass is 413 g/mol. The van der Waals surface area contributed by atoms with Crippen LogP contribution >= 0.6 is 11.6 Å². The van der Waals surface area contributed by atoms with E-state index in [2.05, 4.69) is 109 Å². The van der Waals surface area contributed by atoms with Crippen molar-refractivity contribution in [1.29, 1.82) is 0 Å². The van der Waals surface area contributed by atoms with Crippen molar-refractivity contribution in [2.24, 2.45) is 0 Å². The van der Waals surface area contributed by atoms with Gasteiger partial charge in [0.1, 0.15) is 0 Å². The van der Waals surface area contributed by atoms with Gasteiger partial charge in [-0.1, -0.05) is 54.1 Å². The van der Waals surface area contributed by atoms with Gasteiger partial charge in [-0.15, -0.1) is 0 Å². The van der Waals surface area contributed by atoms with E-state index in [0.717, 1.165) is 5.02 Å². The molecule has 1 aliphatic rings. The van der Waals surface area contributed by atoms with Gasteiger partial charge < -0.3 is 9.91 Å². The van der Waals surface area contributed by atoms with Crippen LogP contribution in [0.15, 0.2) is 72.8 Å². The lowest BCUT2D eigenvalue weighted by molar-refractivity contribution is 0.654. The average Bonchev–Trinajstić information content (AvgIpc) is 3.25. The highest BCUT2D eigenvalue weighted by molar-refractivity contribution is 6.30. The van der Waals surface area contributed by atoms with Gasteiger partial charge >= 0.3 is 0 Å². The predicted octanol–water partition coefficient (Wildman–Crippen LogP) is 4.29. The van der Waals surface area contributed by atoms with Gasteiger partial charge in [-0.3, -0.25) is 4.68 Å². The van der Waals surface area contributed by atoms with Crippen molar-refractivity contribution in [3.63, 3.8) is 0 Å². The first-order valence-electron chi connectivity index (χ1n) is 10.1. The SMILES string of the molecule is CN(C)c1ccc(/C=c2\c3n(c4ccccc24)N(C)C(c2ccc(Cl)cc2)C=3)cc1. The Hall–Kier alpha value is -3.17. The highest BCUT2D eigenvalue weighted by Gasteiger charge is 2.24. The van der Waals surface area contributed by atoms with Gasteiger partial charge in [0.05, 0.1) is 16.9 Å². The second-order valence-corrected chi connectivity index (χ2v) is 8.43. The molecule has 0 saturated carbocycles. The van der Waals surface area contributed by atoms with Crippen LogP contribution < -0.4 is 20.5 Å². The number of halogens is 1. The van der Waals surface area contributed by atoms with Crippen LogP contribution in [0.2, 0.25) is 5.02 Å². The molecule has 2 heterocycles. The Bertz CT molecular complexity index is 1330. The van der Waals surface area contributed by atoms with Crippen molar-refractivity contribution < 1.29 is 0 Å². The molecule has 0 bridgehead atoms. The van der Waals surface area contributed by atoms with Crippen molar-refractivity contribution in [2.75, 3.05) is 31.1 Å². The number of nitrogens with zero attached hydrogens (tertiary/aromatic N) is 3. The standard InChI is InChI=1S/C26H24ClN3/c1-28(2)21-14-8-18(9-15-21)16-23-22-6-4-5-7-24(22)30-26(23)17-25(29(30)3)19-10-12-20(27)13-11-19/h4-17,25H,1-3H3/b23-16-. The van der Waals surface area contributed by atoms with Crippen molar-refractivity contribution in [2.45, 2.75) is 6.04 Å². The van der Waals surface area contributed by atoms with E-state index < -0.39 is 0 Å². The quantitative estimate of drug-likeness (QED) is 0.496. The highest BCUT2D eigenvalue weighted by Crippen LogP contribution is 2.26. The normalized spacial score (nSPS) is 16.1. The molecule has 1 aliphatic heterocycles. The summed E-state index contributed by atoms with van der Waals surface area (Å²) in [7, 11) is 6.28. The van der Waals surface area contributed by atoms with Crippen LogP contribution in [0.3, 0.4) is 0 Å². The van der Waals surface area contributed by atoms with Crippen LogP contribution in [0.5, 0.6) is 0 Å². The van der Waals surface area contributed by atoms with Gasteiger partial charge in [-0.05, 0) is 53.6 Å². The van der Waals surface area contributed by atoms with Crippen LogP contribution in [0.4, 0.5) is 5.69 Å². The van der Waals surface area contributed by atoms with Crippen LogP contribution in [0, 0.1) is 0 Å². The maximum Gasteiger partial charge on any atom is 0.0906 e. The van der Waals surface area contributed by atoms with Crippen molar-refractivity contribution in [1.82, 2.24) is 4.68 Å². The molecule has 1 aromatic heterocycles. The van der Waals surface area contributed by atoms with Gasteiger partial charge in [0.25, 0.3) is 0 Å². The third kappa shape index (κ3) is 3.06. The first kappa shape index (κ1) is 18.8. The molecule has 30 heavy (non-hydrogen) atoms. The second-order valence-electron chi connectivity index (χ2n) is 7.99. The van der Waals surface area contributed by atoms with E-state index in [4.69, 9.17) is 11.6 Å². The molecule has 0 N–H and O–H groups in total. The molecule has 1 unspecified atom stereocenters. The molecular formula is C26H24ClN3. The van der Waals surface area contributed by atoms with E-state index in [1.54, 1.807) is 0 Å². The Balaban J connectivity index is 1.71.